The summed E-state index contributed by atoms with van der Waals surface area (Å²) in [7, 11) is 1.40. The molecule has 0 bridgehead atoms. The minimum Gasteiger partial charge on any atom is -0.468 e. The van der Waals surface area contributed by atoms with Crippen LogP contribution in [0.25, 0.3) is 0 Å². The normalized spacial score (nSPS) is 12.8. The molecule has 1 aromatic rings. The third-order valence-electron chi connectivity index (χ3n) is 2.11. The Labute approximate surface area is 93.7 Å². The Morgan fingerprint density at radius 3 is 2.87 bits per heavy atom. The highest BCUT2D eigenvalue weighted by Crippen LogP contribution is 2.06. The van der Waals surface area contributed by atoms with Crippen molar-refractivity contribution in [1.82, 2.24) is 10.3 Å². The summed E-state index contributed by atoms with van der Waals surface area (Å²) in [6.07, 6.45) is 0. The van der Waals surface area contributed by atoms with E-state index in [9.17, 15) is 4.79 Å². The number of esters is 1. The maximum atomic E-state index is 11.4. The van der Waals surface area contributed by atoms with Gasteiger partial charge in [0, 0.05) is 11.9 Å². The van der Waals surface area contributed by atoms with Gasteiger partial charge in [0.15, 0.2) is 0 Å². The standard InChI is InChI=1S/C10H16N2O2S/c1-7(2)9(10(13)14-3)11-4-8-5-15-6-12-8/h5-7,9,11H,4H2,1-3H3/t9-/m0/s1. The van der Waals surface area contributed by atoms with Crippen LogP contribution in [0, 0.1) is 5.92 Å². The monoisotopic (exact) mass is 228 g/mol. The predicted octanol–water partition coefficient (Wildman–Crippen LogP) is 1.43. The Bertz CT molecular complexity index is 298. The Hall–Kier alpha value is -0.940. The van der Waals surface area contributed by atoms with Crippen LogP contribution in [0.5, 0.6) is 0 Å². The van der Waals surface area contributed by atoms with Gasteiger partial charge in [-0.15, -0.1) is 11.3 Å². The molecule has 0 aromatic carbocycles. The first-order valence-electron chi connectivity index (χ1n) is 4.83. The number of hydrogen-bond acceptors (Lipinski definition) is 5. The maximum Gasteiger partial charge on any atom is 0.323 e. The number of methoxy groups -OCH3 is 1. The fourth-order valence-electron chi connectivity index (χ4n) is 1.26. The molecule has 1 rings (SSSR count). The molecule has 4 nitrogen and oxygen atoms in total. The molecule has 0 fully saturated rings. The van der Waals surface area contributed by atoms with Crippen LogP contribution in [0.1, 0.15) is 19.5 Å². The number of aromatic nitrogens is 1. The first kappa shape index (κ1) is 12.1. The molecule has 0 saturated carbocycles. The Kier molecular flexibility index (Phi) is 4.71. The number of carbonyl (C=O) groups excluding carboxylic acids is 1. The zero-order chi connectivity index (χ0) is 11.3. The number of rotatable bonds is 5. The molecule has 0 radical (unpaired) electrons. The van der Waals surface area contributed by atoms with Crippen molar-refractivity contribution in [2.75, 3.05) is 7.11 Å². The lowest BCUT2D eigenvalue weighted by Gasteiger charge is -2.19. The third-order valence-corrected chi connectivity index (χ3v) is 2.74. The van der Waals surface area contributed by atoms with Crippen molar-refractivity contribution in [2.45, 2.75) is 26.4 Å². The van der Waals surface area contributed by atoms with Crippen LogP contribution < -0.4 is 5.32 Å². The summed E-state index contributed by atoms with van der Waals surface area (Å²) in [5.41, 5.74) is 2.73. The second kappa shape index (κ2) is 5.82. The molecule has 1 N–H and O–H groups in total. The summed E-state index contributed by atoms with van der Waals surface area (Å²) in [6.45, 7) is 4.56. The quantitative estimate of drug-likeness (QED) is 0.775. The van der Waals surface area contributed by atoms with Crippen molar-refractivity contribution >= 4 is 17.3 Å². The van der Waals surface area contributed by atoms with E-state index in [0.717, 1.165) is 5.69 Å². The molecule has 0 saturated heterocycles. The van der Waals surface area contributed by atoms with Gasteiger partial charge < -0.3 is 4.74 Å². The predicted molar refractivity (Wildman–Crippen MR) is 59.6 cm³/mol. The summed E-state index contributed by atoms with van der Waals surface area (Å²) in [5, 5.41) is 5.10. The Morgan fingerprint density at radius 1 is 1.67 bits per heavy atom. The second-order valence-corrected chi connectivity index (χ2v) is 4.32. The molecule has 0 unspecified atom stereocenters. The van der Waals surface area contributed by atoms with E-state index in [4.69, 9.17) is 4.74 Å². The van der Waals surface area contributed by atoms with E-state index in [1.807, 2.05) is 19.2 Å². The summed E-state index contributed by atoms with van der Waals surface area (Å²) in [4.78, 5) is 15.5. The lowest BCUT2D eigenvalue weighted by atomic mass is 10.0. The Morgan fingerprint density at radius 2 is 2.40 bits per heavy atom. The van der Waals surface area contributed by atoms with E-state index >= 15 is 0 Å². The highest BCUT2D eigenvalue weighted by molar-refractivity contribution is 7.07. The van der Waals surface area contributed by atoms with Gasteiger partial charge in [-0.1, -0.05) is 13.8 Å². The first-order valence-corrected chi connectivity index (χ1v) is 5.77. The Balaban J connectivity index is 2.49. The van der Waals surface area contributed by atoms with Gasteiger partial charge in [0.2, 0.25) is 0 Å². The van der Waals surface area contributed by atoms with Gasteiger partial charge in [0.25, 0.3) is 0 Å². The topological polar surface area (TPSA) is 51.2 Å². The van der Waals surface area contributed by atoms with Crippen LogP contribution in [-0.2, 0) is 16.1 Å². The van der Waals surface area contributed by atoms with Gasteiger partial charge in [-0.05, 0) is 5.92 Å². The van der Waals surface area contributed by atoms with Gasteiger partial charge in [0.05, 0.1) is 18.3 Å². The molecule has 0 spiro atoms. The van der Waals surface area contributed by atoms with E-state index in [0.29, 0.717) is 6.54 Å². The van der Waals surface area contributed by atoms with Crippen LogP contribution in [0.4, 0.5) is 0 Å². The van der Waals surface area contributed by atoms with E-state index in [1.165, 1.54) is 7.11 Å². The van der Waals surface area contributed by atoms with Crippen molar-refractivity contribution in [3.05, 3.63) is 16.6 Å². The van der Waals surface area contributed by atoms with E-state index in [2.05, 4.69) is 10.3 Å². The zero-order valence-electron chi connectivity index (χ0n) is 9.19. The van der Waals surface area contributed by atoms with Crippen LogP contribution >= 0.6 is 11.3 Å². The van der Waals surface area contributed by atoms with Crippen LogP contribution in [0.2, 0.25) is 0 Å². The molecule has 15 heavy (non-hydrogen) atoms. The fraction of sp³-hybridized carbons (Fsp3) is 0.600. The largest absolute Gasteiger partial charge is 0.468 e. The molecule has 5 heteroatoms. The molecule has 1 aromatic heterocycles. The minimum atomic E-state index is -0.267. The van der Waals surface area contributed by atoms with Crippen molar-refractivity contribution < 1.29 is 9.53 Å². The maximum absolute atomic E-state index is 11.4. The average Bonchev–Trinajstić information content (AvgIpc) is 2.70. The molecular weight excluding hydrogens is 212 g/mol. The van der Waals surface area contributed by atoms with Crippen LogP contribution in [0.15, 0.2) is 10.9 Å². The van der Waals surface area contributed by atoms with Crippen molar-refractivity contribution in [3.8, 4) is 0 Å². The smallest absolute Gasteiger partial charge is 0.323 e. The lowest BCUT2D eigenvalue weighted by molar-refractivity contribution is -0.144. The fourth-order valence-corrected chi connectivity index (χ4v) is 1.82. The van der Waals surface area contributed by atoms with Gasteiger partial charge in [-0.3, -0.25) is 10.1 Å². The molecule has 0 aliphatic carbocycles. The van der Waals surface area contributed by atoms with E-state index < -0.39 is 0 Å². The molecule has 1 atom stereocenters. The highest BCUT2D eigenvalue weighted by atomic mass is 32.1. The molecule has 1 heterocycles. The lowest BCUT2D eigenvalue weighted by Crippen LogP contribution is -2.41. The summed E-state index contributed by atoms with van der Waals surface area (Å²) in [6, 6.07) is -0.267. The van der Waals surface area contributed by atoms with Crippen molar-refractivity contribution in [3.63, 3.8) is 0 Å². The number of nitrogens with one attached hydrogen (secondary N) is 1. The van der Waals surface area contributed by atoms with Crippen LogP contribution in [0.3, 0.4) is 0 Å². The van der Waals surface area contributed by atoms with E-state index in [-0.39, 0.29) is 17.9 Å². The van der Waals surface area contributed by atoms with Gasteiger partial charge in [-0.25, -0.2) is 4.98 Å². The van der Waals surface area contributed by atoms with Crippen molar-refractivity contribution in [1.29, 1.82) is 0 Å². The van der Waals surface area contributed by atoms with Gasteiger partial charge >= 0.3 is 5.97 Å². The van der Waals surface area contributed by atoms with Gasteiger partial charge in [-0.2, -0.15) is 0 Å². The van der Waals surface area contributed by atoms with Crippen molar-refractivity contribution in [2.24, 2.45) is 5.92 Å². The first-order chi connectivity index (χ1) is 7.15. The van der Waals surface area contributed by atoms with Gasteiger partial charge in [0.1, 0.15) is 6.04 Å². The molecule has 0 aliphatic heterocycles. The molecular formula is C10H16N2O2S. The number of nitrogens with zero attached hydrogens (tertiary/aromatic N) is 1. The van der Waals surface area contributed by atoms with E-state index in [1.54, 1.807) is 16.8 Å². The number of hydrogen-bond donors (Lipinski definition) is 1. The summed E-state index contributed by atoms with van der Waals surface area (Å²) >= 11 is 1.55. The summed E-state index contributed by atoms with van der Waals surface area (Å²) in [5.74, 6) is -0.0173. The summed E-state index contributed by atoms with van der Waals surface area (Å²) < 4.78 is 4.72. The third kappa shape index (κ3) is 3.60. The average molecular weight is 228 g/mol. The zero-order valence-corrected chi connectivity index (χ0v) is 10.0. The second-order valence-electron chi connectivity index (χ2n) is 3.61. The minimum absolute atomic E-state index is 0.205. The number of ether oxygens (including phenoxy) is 1. The molecule has 0 amide bonds. The van der Waals surface area contributed by atoms with Crippen LogP contribution in [-0.4, -0.2) is 24.1 Å². The SMILES string of the molecule is COC(=O)[C@@H](NCc1cscn1)C(C)C. The molecule has 0 aliphatic rings. The highest BCUT2D eigenvalue weighted by Gasteiger charge is 2.22. The molecule has 84 valence electrons. The number of thiazole rings is 1. The number of carbonyl (C=O) groups is 1.